The van der Waals surface area contributed by atoms with Crippen molar-refractivity contribution in [2.45, 2.75) is 6.54 Å². The van der Waals surface area contributed by atoms with Crippen molar-refractivity contribution in [1.82, 2.24) is 4.90 Å². The van der Waals surface area contributed by atoms with Crippen molar-refractivity contribution in [3.8, 4) is 17.6 Å². The zero-order chi connectivity index (χ0) is 15.9. The predicted molar refractivity (Wildman–Crippen MR) is 84.0 cm³/mol. The third kappa shape index (κ3) is 3.99. The molecule has 0 atom stereocenters. The molecule has 22 heavy (non-hydrogen) atoms. The van der Waals surface area contributed by atoms with Gasteiger partial charge in [-0.1, -0.05) is 0 Å². The summed E-state index contributed by atoms with van der Waals surface area (Å²) in [5.74, 6) is 0.753. The van der Waals surface area contributed by atoms with Crippen molar-refractivity contribution in [2.75, 3.05) is 20.8 Å². The number of benzene rings is 1. The van der Waals surface area contributed by atoms with Crippen LogP contribution in [0.5, 0.6) is 11.5 Å². The lowest BCUT2D eigenvalue weighted by Crippen LogP contribution is -2.30. The van der Waals surface area contributed by atoms with Gasteiger partial charge in [0.15, 0.2) is 18.1 Å². The number of likely N-dealkylation sites (N-methyl/N-ethyl adjacent to an activating group) is 1. The van der Waals surface area contributed by atoms with Crippen LogP contribution in [-0.4, -0.2) is 31.6 Å². The third-order valence-electron chi connectivity index (χ3n) is 3.07. The highest BCUT2D eigenvalue weighted by atomic mass is 32.1. The first-order chi connectivity index (χ1) is 10.6. The minimum atomic E-state index is -0.127. The molecular formula is C16H16N2O3S. The summed E-state index contributed by atoms with van der Waals surface area (Å²) in [7, 11) is 3.23. The summed E-state index contributed by atoms with van der Waals surface area (Å²) in [4.78, 5) is 13.7. The fourth-order valence-electron chi connectivity index (χ4n) is 1.85. The topological polar surface area (TPSA) is 62.6 Å². The number of ether oxygens (including phenoxy) is 2. The third-order valence-corrected chi connectivity index (χ3v) is 3.80. The number of hydrogen-bond donors (Lipinski definition) is 0. The lowest BCUT2D eigenvalue weighted by molar-refractivity contribution is -0.132. The fraction of sp³-hybridized carbons (Fsp3) is 0.250. The number of thiophene rings is 1. The molecule has 0 unspecified atom stereocenters. The van der Waals surface area contributed by atoms with Crippen molar-refractivity contribution >= 4 is 17.2 Å². The molecule has 1 amide bonds. The van der Waals surface area contributed by atoms with Gasteiger partial charge in [0.1, 0.15) is 0 Å². The van der Waals surface area contributed by atoms with E-state index in [2.05, 4.69) is 0 Å². The first-order valence-electron chi connectivity index (χ1n) is 6.60. The number of amides is 1. The molecular weight excluding hydrogens is 300 g/mol. The molecule has 1 aromatic heterocycles. The van der Waals surface area contributed by atoms with Crippen molar-refractivity contribution in [3.63, 3.8) is 0 Å². The Morgan fingerprint density at radius 2 is 2.18 bits per heavy atom. The number of rotatable bonds is 6. The number of hydrogen-bond acceptors (Lipinski definition) is 5. The summed E-state index contributed by atoms with van der Waals surface area (Å²) >= 11 is 1.60. The van der Waals surface area contributed by atoms with Gasteiger partial charge in [0.25, 0.3) is 5.91 Å². The van der Waals surface area contributed by atoms with E-state index < -0.39 is 0 Å². The van der Waals surface area contributed by atoms with Crippen molar-refractivity contribution in [3.05, 3.63) is 46.2 Å². The fourth-order valence-corrected chi connectivity index (χ4v) is 2.51. The van der Waals surface area contributed by atoms with Gasteiger partial charge >= 0.3 is 0 Å². The number of nitriles is 1. The Hall–Kier alpha value is -2.52. The van der Waals surface area contributed by atoms with Gasteiger partial charge in [-0.2, -0.15) is 16.6 Å². The highest BCUT2D eigenvalue weighted by molar-refractivity contribution is 7.07. The van der Waals surface area contributed by atoms with Crippen molar-refractivity contribution in [1.29, 1.82) is 5.26 Å². The molecule has 2 rings (SSSR count). The van der Waals surface area contributed by atoms with E-state index >= 15 is 0 Å². The van der Waals surface area contributed by atoms with Gasteiger partial charge in [-0.15, -0.1) is 0 Å². The Bertz CT molecular complexity index is 677. The molecule has 2 aromatic rings. The average Bonchev–Trinajstić information content (AvgIpc) is 3.05. The molecule has 0 aliphatic rings. The molecule has 5 nitrogen and oxygen atoms in total. The smallest absolute Gasteiger partial charge is 0.260 e. The second-order valence-electron chi connectivity index (χ2n) is 4.65. The van der Waals surface area contributed by atoms with E-state index in [1.165, 1.54) is 7.11 Å². The van der Waals surface area contributed by atoms with E-state index in [0.717, 1.165) is 5.56 Å². The molecule has 0 saturated carbocycles. The maximum absolute atomic E-state index is 12.1. The molecule has 0 aliphatic heterocycles. The van der Waals surface area contributed by atoms with Crippen LogP contribution in [-0.2, 0) is 11.3 Å². The second-order valence-corrected chi connectivity index (χ2v) is 5.43. The van der Waals surface area contributed by atoms with Crippen LogP contribution < -0.4 is 9.47 Å². The molecule has 1 aromatic carbocycles. The molecule has 114 valence electrons. The van der Waals surface area contributed by atoms with Crippen LogP contribution >= 0.6 is 11.3 Å². The number of methoxy groups -OCH3 is 1. The van der Waals surface area contributed by atoms with E-state index in [-0.39, 0.29) is 12.5 Å². The maximum Gasteiger partial charge on any atom is 0.260 e. The predicted octanol–water partition coefficient (Wildman–Crippen LogP) is 2.67. The van der Waals surface area contributed by atoms with Gasteiger partial charge < -0.3 is 14.4 Å². The highest BCUT2D eigenvalue weighted by Crippen LogP contribution is 2.27. The van der Waals surface area contributed by atoms with Crippen molar-refractivity contribution < 1.29 is 14.3 Å². The minimum Gasteiger partial charge on any atom is -0.493 e. The molecule has 0 fully saturated rings. The number of nitrogens with zero attached hydrogens (tertiary/aromatic N) is 2. The van der Waals surface area contributed by atoms with Crippen LogP contribution in [0, 0.1) is 11.3 Å². The Morgan fingerprint density at radius 1 is 1.36 bits per heavy atom. The van der Waals surface area contributed by atoms with Crippen LogP contribution in [0.4, 0.5) is 0 Å². The lowest BCUT2D eigenvalue weighted by atomic mass is 10.2. The van der Waals surface area contributed by atoms with Crippen molar-refractivity contribution in [2.24, 2.45) is 0 Å². The molecule has 0 radical (unpaired) electrons. The second kappa shape index (κ2) is 7.48. The standard InChI is InChI=1S/C16H16N2O3S/c1-18(9-13-5-6-22-11-13)16(19)10-21-14-4-3-12(8-17)7-15(14)20-2/h3-7,11H,9-10H2,1-2H3. The van der Waals surface area contributed by atoms with Gasteiger partial charge in [0, 0.05) is 19.7 Å². The number of carbonyl (C=O) groups is 1. The lowest BCUT2D eigenvalue weighted by Gasteiger charge is -2.17. The van der Waals surface area contributed by atoms with Gasteiger partial charge in [-0.3, -0.25) is 4.79 Å². The van der Waals surface area contributed by atoms with E-state index in [9.17, 15) is 4.79 Å². The normalized spacial score (nSPS) is 9.86. The summed E-state index contributed by atoms with van der Waals surface area (Å²) in [6, 6.07) is 8.84. The Balaban J connectivity index is 1.94. The summed E-state index contributed by atoms with van der Waals surface area (Å²) in [6.07, 6.45) is 0. The SMILES string of the molecule is COc1cc(C#N)ccc1OCC(=O)N(C)Cc1ccsc1. The summed E-state index contributed by atoms with van der Waals surface area (Å²) in [5.41, 5.74) is 1.57. The zero-order valence-corrected chi connectivity index (χ0v) is 13.2. The molecule has 1 heterocycles. The molecule has 0 bridgehead atoms. The van der Waals surface area contributed by atoms with Crippen LogP contribution in [0.3, 0.4) is 0 Å². The first-order valence-corrected chi connectivity index (χ1v) is 7.54. The average molecular weight is 316 g/mol. The molecule has 0 saturated heterocycles. The summed E-state index contributed by atoms with van der Waals surface area (Å²) < 4.78 is 10.7. The largest absolute Gasteiger partial charge is 0.493 e. The van der Waals surface area contributed by atoms with Crippen LogP contribution in [0.15, 0.2) is 35.0 Å². The molecule has 0 spiro atoms. The van der Waals surface area contributed by atoms with E-state index in [1.807, 2.05) is 22.9 Å². The van der Waals surface area contributed by atoms with Gasteiger partial charge in [0.05, 0.1) is 18.7 Å². The van der Waals surface area contributed by atoms with Gasteiger partial charge in [-0.05, 0) is 34.5 Å². The molecule has 0 N–H and O–H groups in total. The molecule has 0 aliphatic carbocycles. The van der Waals surface area contributed by atoms with Crippen LogP contribution in [0.25, 0.3) is 0 Å². The monoisotopic (exact) mass is 316 g/mol. The van der Waals surface area contributed by atoms with E-state index in [4.69, 9.17) is 14.7 Å². The van der Waals surface area contributed by atoms with Gasteiger partial charge in [0.2, 0.25) is 0 Å². The van der Waals surface area contributed by atoms with Crippen LogP contribution in [0.2, 0.25) is 0 Å². The zero-order valence-electron chi connectivity index (χ0n) is 12.4. The highest BCUT2D eigenvalue weighted by Gasteiger charge is 2.12. The van der Waals surface area contributed by atoms with E-state index in [1.54, 1.807) is 41.5 Å². The van der Waals surface area contributed by atoms with Gasteiger partial charge in [-0.25, -0.2) is 0 Å². The Morgan fingerprint density at radius 3 is 2.82 bits per heavy atom. The first kappa shape index (κ1) is 15.9. The maximum atomic E-state index is 12.1. The Kier molecular flexibility index (Phi) is 5.39. The minimum absolute atomic E-state index is 0.0805. The summed E-state index contributed by atoms with van der Waals surface area (Å²) in [6.45, 7) is 0.471. The quantitative estimate of drug-likeness (QED) is 0.822. The summed E-state index contributed by atoms with van der Waals surface area (Å²) in [5, 5.41) is 12.8. The molecule has 6 heteroatoms. The Labute approximate surface area is 133 Å². The van der Waals surface area contributed by atoms with Crippen LogP contribution in [0.1, 0.15) is 11.1 Å². The number of carbonyl (C=O) groups excluding carboxylic acids is 1. The van der Waals surface area contributed by atoms with E-state index in [0.29, 0.717) is 23.6 Å².